The molecular formula is C23H24Cl2N4S. The molecule has 1 fully saturated rings. The van der Waals surface area contributed by atoms with E-state index >= 15 is 0 Å². The van der Waals surface area contributed by atoms with E-state index in [1.165, 1.54) is 5.56 Å². The molecule has 1 aliphatic heterocycles. The number of nitrogens with one attached hydrogen (secondary N) is 1. The number of thiocarbonyl (C=S) groups is 1. The fourth-order valence-corrected chi connectivity index (χ4v) is 5.21. The topological polar surface area (TPSA) is 33.1 Å². The average Bonchev–Trinajstić information content (AvgIpc) is 3.21. The first-order valence-electron chi connectivity index (χ1n) is 9.94. The van der Waals surface area contributed by atoms with Crippen LogP contribution in [0.5, 0.6) is 0 Å². The van der Waals surface area contributed by atoms with Crippen LogP contribution in [0.4, 0.5) is 0 Å². The number of pyridine rings is 1. The van der Waals surface area contributed by atoms with E-state index in [2.05, 4.69) is 53.5 Å². The van der Waals surface area contributed by atoms with Gasteiger partial charge in [0.2, 0.25) is 0 Å². The Balaban J connectivity index is 1.88. The molecule has 0 amide bonds. The van der Waals surface area contributed by atoms with E-state index < -0.39 is 0 Å². The van der Waals surface area contributed by atoms with Crippen LogP contribution in [0.25, 0.3) is 5.69 Å². The summed E-state index contributed by atoms with van der Waals surface area (Å²) in [7, 11) is 0. The van der Waals surface area contributed by atoms with Crippen LogP contribution >= 0.6 is 35.4 Å². The van der Waals surface area contributed by atoms with Gasteiger partial charge in [-0.1, -0.05) is 35.3 Å². The first-order chi connectivity index (χ1) is 14.3. The first kappa shape index (κ1) is 21.2. The molecular weight excluding hydrogens is 435 g/mol. The van der Waals surface area contributed by atoms with E-state index in [0.717, 1.165) is 27.9 Å². The Hall–Kier alpha value is -2.08. The zero-order valence-electron chi connectivity index (χ0n) is 17.4. The number of aromatic nitrogens is 2. The lowest BCUT2D eigenvalue weighted by Gasteiger charge is -2.31. The highest BCUT2D eigenvalue weighted by Crippen LogP contribution is 2.43. The molecule has 4 rings (SSSR count). The maximum atomic E-state index is 6.56. The molecule has 2 atom stereocenters. The molecule has 1 aromatic carbocycles. The van der Waals surface area contributed by atoms with Gasteiger partial charge in [0.05, 0.1) is 33.5 Å². The normalized spacial score (nSPS) is 18.9. The molecule has 1 N–H and O–H groups in total. The third-order valence-corrected chi connectivity index (χ3v) is 6.79. The van der Waals surface area contributed by atoms with Crippen LogP contribution in [-0.4, -0.2) is 25.6 Å². The zero-order valence-corrected chi connectivity index (χ0v) is 19.7. The summed E-state index contributed by atoms with van der Waals surface area (Å²) >= 11 is 18.6. The molecule has 4 nitrogen and oxygen atoms in total. The highest BCUT2D eigenvalue weighted by Gasteiger charge is 2.42. The fourth-order valence-electron chi connectivity index (χ4n) is 4.38. The summed E-state index contributed by atoms with van der Waals surface area (Å²) < 4.78 is 2.17. The molecule has 3 heterocycles. The SMILES string of the molecule is Cc1cc([C@@H]2[C@@H](c3ccccn3)NC(=S)N2C(C)C)c(C)n1-c1cccc(Cl)c1Cl. The minimum absolute atomic E-state index is 0.0188. The third-order valence-electron chi connectivity index (χ3n) is 5.65. The van der Waals surface area contributed by atoms with Gasteiger partial charge in [0.15, 0.2) is 5.11 Å². The first-order valence-corrected chi connectivity index (χ1v) is 11.1. The maximum absolute atomic E-state index is 6.56. The van der Waals surface area contributed by atoms with E-state index in [1.807, 2.05) is 36.5 Å². The van der Waals surface area contributed by atoms with Gasteiger partial charge in [0, 0.05) is 23.6 Å². The summed E-state index contributed by atoms with van der Waals surface area (Å²) in [5.74, 6) is 0. The van der Waals surface area contributed by atoms with Gasteiger partial charge in [-0.15, -0.1) is 0 Å². The van der Waals surface area contributed by atoms with Crippen molar-refractivity contribution in [2.45, 2.75) is 45.8 Å². The van der Waals surface area contributed by atoms with Gasteiger partial charge in [-0.05, 0) is 75.8 Å². The highest BCUT2D eigenvalue weighted by atomic mass is 35.5. The van der Waals surface area contributed by atoms with Crippen LogP contribution < -0.4 is 5.32 Å². The number of hydrogen-bond donors (Lipinski definition) is 1. The number of benzene rings is 1. The third kappa shape index (κ3) is 3.49. The zero-order chi connectivity index (χ0) is 21.6. The molecule has 1 aliphatic rings. The van der Waals surface area contributed by atoms with Crippen LogP contribution in [0.2, 0.25) is 10.0 Å². The second kappa shape index (κ2) is 8.22. The van der Waals surface area contributed by atoms with Gasteiger partial charge >= 0.3 is 0 Å². The van der Waals surface area contributed by atoms with Crippen molar-refractivity contribution in [1.29, 1.82) is 0 Å². The Morgan fingerprint density at radius 3 is 2.53 bits per heavy atom. The minimum atomic E-state index is -0.0371. The number of hydrogen-bond acceptors (Lipinski definition) is 2. The summed E-state index contributed by atoms with van der Waals surface area (Å²) in [5.41, 5.74) is 5.25. The van der Waals surface area contributed by atoms with Gasteiger partial charge < -0.3 is 14.8 Å². The van der Waals surface area contributed by atoms with Crippen LogP contribution in [-0.2, 0) is 0 Å². The van der Waals surface area contributed by atoms with Crippen LogP contribution in [0.1, 0.15) is 48.6 Å². The Labute approximate surface area is 192 Å². The molecule has 2 aromatic heterocycles. The molecule has 0 radical (unpaired) electrons. The lowest BCUT2D eigenvalue weighted by molar-refractivity contribution is 0.269. The summed E-state index contributed by atoms with van der Waals surface area (Å²) in [5, 5.41) is 5.35. The quantitative estimate of drug-likeness (QED) is 0.473. The molecule has 0 unspecified atom stereocenters. The molecule has 156 valence electrons. The van der Waals surface area contributed by atoms with E-state index in [1.54, 1.807) is 6.07 Å². The van der Waals surface area contributed by atoms with Gasteiger partial charge in [0.25, 0.3) is 0 Å². The highest BCUT2D eigenvalue weighted by molar-refractivity contribution is 7.80. The lowest BCUT2D eigenvalue weighted by atomic mass is 9.96. The predicted octanol–water partition coefficient (Wildman–Crippen LogP) is 6.18. The van der Waals surface area contributed by atoms with Gasteiger partial charge in [0.1, 0.15) is 0 Å². The van der Waals surface area contributed by atoms with Crippen molar-refractivity contribution in [2.75, 3.05) is 0 Å². The lowest BCUT2D eigenvalue weighted by Crippen LogP contribution is -2.35. The van der Waals surface area contributed by atoms with Crippen LogP contribution in [0.3, 0.4) is 0 Å². The molecule has 30 heavy (non-hydrogen) atoms. The summed E-state index contributed by atoms with van der Waals surface area (Å²) in [6, 6.07) is 14.1. The molecule has 0 spiro atoms. The maximum Gasteiger partial charge on any atom is 0.170 e. The molecule has 0 saturated carbocycles. The Kier molecular flexibility index (Phi) is 5.80. The number of nitrogens with zero attached hydrogens (tertiary/aromatic N) is 3. The predicted molar refractivity (Wildman–Crippen MR) is 128 cm³/mol. The van der Waals surface area contributed by atoms with Crippen molar-refractivity contribution in [2.24, 2.45) is 0 Å². The Morgan fingerprint density at radius 2 is 1.87 bits per heavy atom. The largest absolute Gasteiger partial charge is 0.352 e. The molecule has 0 bridgehead atoms. The molecule has 1 saturated heterocycles. The van der Waals surface area contributed by atoms with E-state index in [4.69, 9.17) is 35.4 Å². The Morgan fingerprint density at radius 1 is 1.10 bits per heavy atom. The number of aryl methyl sites for hydroxylation is 1. The Bertz CT molecular complexity index is 1090. The summed E-state index contributed by atoms with van der Waals surface area (Å²) in [4.78, 5) is 6.88. The van der Waals surface area contributed by atoms with E-state index in [9.17, 15) is 0 Å². The van der Waals surface area contributed by atoms with E-state index in [-0.39, 0.29) is 18.1 Å². The van der Waals surface area contributed by atoms with Gasteiger partial charge in [-0.25, -0.2) is 0 Å². The molecule has 0 aliphatic carbocycles. The van der Waals surface area contributed by atoms with Crippen molar-refractivity contribution in [3.63, 3.8) is 0 Å². The molecule has 3 aromatic rings. The second-order valence-corrected chi connectivity index (χ2v) is 9.03. The summed E-state index contributed by atoms with van der Waals surface area (Å²) in [6.45, 7) is 8.53. The van der Waals surface area contributed by atoms with Crippen molar-refractivity contribution < 1.29 is 0 Å². The standard InChI is InChI=1S/C23H24Cl2N4S/c1-13(2)28-22(21(27-23(28)30)18-9-5-6-11-26-18)16-12-14(3)29(15(16)4)19-10-7-8-17(24)20(19)25/h5-13,21-22H,1-4H3,(H,27,30)/t21-,22-/m1/s1. The molecule has 7 heteroatoms. The van der Waals surface area contributed by atoms with Crippen molar-refractivity contribution in [3.8, 4) is 5.69 Å². The number of halogens is 2. The smallest absolute Gasteiger partial charge is 0.170 e. The van der Waals surface area contributed by atoms with Gasteiger partial charge in [-0.2, -0.15) is 0 Å². The van der Waals surface area contributed by atoms with Crippen molar-refractivity contribution in [3.05, 3.63) is 81.4 Å². The minimum Gasteiger partial charge on any atom is -0.352 e. The van der Waals surface area contributed by atoms with Crippen LogP contribution in [0.15, 0.2) is 48.7 Å². The average molecular weight is 459 g/mol. The summed E-state index contributed by atoms with van der Waals surface area (Å²) in [6.07, 6.45) is 1.82. The van der Waals surface area contributed by atoms with Crippen LogP contribution in [0, 0.1) is 13.8 Å². The van der Waals surface area contributed by atoms with E-state index in [0.29, 0.717) is 10.0 Å². The van der Waals surface area contributed by atoms with Crippen molar-refractivity contribution >= 4 is 40.5 Å². The van der Waals surface area contributed by atoms with Crippen molar-refractivity contribution in [1.82, 2.24) is 19.8 Å². The van der Waals surface area contributed by atoms with Gasteiger partial charge in [-0.3, -0.25) is 4.98 Å². The fraction of sp³-hybridized carbons (Fsp3) is 0.304. The monoisotopic (exact) mass is 458 g/mol. The number of rotatable bonds is 4. The second-order valence-electron chi connectivity index (χ2n) is 7.86.